The first-order valence-corrected chi connectivity index (χ1v) is 6.07. The summed E-state index contributed by atoms with van der Waals surface area (Å²) in [4.78, 5) is 20.8. The molecule has 0 bridgehead atoms. The van der Waals surface area contributed by atoms with Crippen LogP contribution in [0.2, 0.25) is 0 Å². The van der Waals surface area contributed by atoms with E-state index in [2.05, 4.69) is 0 Å². The molecule has 0 radical (unpaired) electrons. The number of non-ortho nitro benzene ring substituents is 1. The second-order valence-electron chi connectivity index (χ2n) is 3.60. The number of carbonyl (C=O) groups is 1. The molecular weight excluding hydrogens is 284 g/mol. The van der Waals surface area contributed by atoms with Crippen molar-refractivity contribution >= 4 is 23.0 Å². The average molecular weight is 290 g/mol. The first kappa shape index (κ1) is 13.5. The molecule has 0 aliphatic carbocycles. The molecule has 1 aromatic carbocycles. The number of carboxylic acids is 1. The largest absolute Gasteiger partial charge is 0.477 e. The molecule has 0 fully saturated rings. The van der Waals surface area contributed by atoms with Crippen molar-refractivity contribution in [3.63, 3.8) is 0 Å². The zero-order chi connectivity index (χ0) is 14.7. The first-order valence-electron chi connectivity index (χ1n) is 5.19. The lowest BCUT2D eigenvalue weighted by Crippen LogP contribution is -1.92. The Morgan fingerprint density at radius 2 is 2.20 bits per heavy atom. The van der Waals surface area contributed by atoms with Gasteiger partial charge in [0.05, 0.1) is 4.92 Å². The van der Waals surface area contributed by atoms with Gasteiger partial charge in [-0.1, -0.05) is 0 Å². The summed E-state index contributed by atoms with van der Waals surface area (Å²) < 4.78 is 5.37. The van der Waals surface area contributed by atoms with Crippen molar-refractivity contribution in [2.24, 2.45) is 0 Å². The van der Waals surface area contributed by atoms with Crippen LogP contribution in [0.1, 0.15) is 15.2 Å². The van der Waals surface area contributed by atoms with Crippen LogP contribution in [0, 0.1) is 21.4 Å². The van der Waals surface area contributed by atoms with E-state index >= 15 is 0 Å². The summed E-state index contributed by atoms with van der Waals surface area (Å²) in [5, 5.41) is 29.8. The summed E-state index contributed by atoms with van der Waals surface area (Å²) in [6.07, 6.45) is 0. The van der Waals surface area contributed by atoms with Gasteiger partial charge >= 0.3 is 5.97 Å². The predicted molar refractivity (Wildman–Crippen MR) is 69.2 cm³/mol. The first-order chi connectivity index (χ1) is 9.51. The zero-order valence-corrected chi connectivity index (χ0v) is 10.6. The highest BCUT2D eigenvalue weighted by atomic mass is 32.1. The van der Waals surface area contributed by atoms with Crippen molar-refractivity contribution in [2.45, 2.75) is 0 Å². The van der Waals surface area contributed by atoms with Crippen LogP contribution in [-0.2, 0) is 0 Å². The van der Waals surface area contributed by atoms with Crippen molar-refractivity contribution in [1.82, 2.24) is 0 Å². The number of hydrogen-bond donors (Lipinski definition) is 1. The minimum absolute atomic E-state index is 0.00211. The maximum absolute atomic E-state index is 10.7. The minimum atomic E-state index is -1.07. The summed E-state index contributed by atoms with van der Waals surface area (Å²) in [5.41, 5.74) is -0.215. The third kappa shape index (κ3) is 2.73. The lowest BCUT2D eigenvalue weighted by Gasteiger charge is -2.04. The molecule has 1 N–H and O–H groups in total. The third-order valence-electron chi connectivity index (χ3n) is 2.31. The fourth-order valence-corrected chi connectivity index (χ4v) is 2.06. The maximum Gasteiger partial charge on any atom is 0.346 e. The smallest absolute Gasteiger partial charge is 0.346 e. The Morgan fingerprint density at radius 1 is 1.45 bits per heavy atom. The van der Waals surface area contributed by atoms with E-state index in [1.807, 2.05) is 0 Å². The number of nitro groups is 1. The Kier molecular flexibility index (Phi) is 3.63. The Bertz CT molecular complexity index is 732. The second-order valence-corrected chi connectivity index (χ2v) is 4.51. The molecule has 0 amide bonds. The molecule has 2 aromatic rings. The molecule has 0 spiro atoms. The summed E-state index contributed by atoms with van der Waals surface area (Å²) in [7, 11) is 0. The summed E-state index contributed by atoms with van der Waals surface area (Å²) in [5.74, 6) is -0.681. The van der Waals surface area contributed by atoms with Crippen molar-refractivity contribution in [2.75, 3.05) is 0 Å². The number of nitro benzene ring substituents is 1. The van der Waals surface area contributed by atoms with Gasteiger partial charge in [0.15, 0.2) is 0 Å². The normalized spacial score (nSPS) is 9.75. The van der Waals surface area contributed by atoms with Crippen molar-refractivity contribution in [1.29, 1.82) is 5.26 Å². The molecule has 0 saturated carbocycles. The van der Waals surface area contributed by atoms with Crippen LogP contribution in [0.15, 0.2) is 29.6 Å². The standard InChI is InChI=1S/C12H6N2O5S/c13-5-7-3-8(14(17)18)1-2-10(7)19-9-4-11(12(15)16)20-6-9/h1-4,6H,(H,15,16). The average Bonchev–Trinajstić information content (AvgIpc) is 2.87. The number of carboxylic acid groups (broad SMARTS) is 1. The number of nitrogens with zero attached hydrogens (tertiary/aromatic N) is 2. The number of rotatable bonds is 4. The van der Waals surface area contributed by atoms with Gasteiger partial charge in [0, 0.05) is 23.6 Å². The SMILES string of the molecule is N#Cc1cc([N+](=O)[O-])ccc1Oc1csc(C(=O)O)c1. The quantitative estimate of drug-likeness (QED) is 0.683. The van der Waals surface area contributed by atoms with Gasteiger partial charge in [-0.3, -0.25) is 10.1 Å². The van der Waals surface area contributed by atoms with E-state index in [0.29, 0.717) is 0 Å². The van der Waals surface area contributed by atoms with Crippen molar-refractivity contribution in [3.05, 3.63) is 50.2 Å². The van der Waals surface area contributed by atoms with Gasteiger partial charge in [-0.05, 0) is 6.07 Å². The second kappa shape index (κ2) is 5.38. The molecule has 0 aliphatic rings. The maximum atomic E-state index is 10.7. The van der Waals surface area contributed by atoms with E-state index in [-0.39, 0.29) is 27.6 Å². The monoisotopic (exact) mass is 290 g/mol. The van der Waals surface area contributed by atoms with Gasteiger partial charge in [0.1, 0.15) is 28.0 Å². The summed E-state index contributed by atoms with van der Waals surface area (Å²) in [6.45, 7) is 0. The Balaban J connectivity index is 2.31. The molecule has 7 nitrogen and oxygen atoms in total. The van der Waals surface area contributed by atoms with E-state index in [1.165, 1.54) is 23.6 Å². The molecule has 100 valence electrons. The molecule has 2 rings (SSSR count). The Hall–Kier alpha value is -2.92. The number of thiophene rings is 1. The van der Waals surface area contributed by atoms with Crippen LogP contribution in [-0.4, -0.2) is 16.0 Å². The molecule has 0 unspecified atom stereocenters. The summed E-state index contributed by atoms with van der Waals surface area (Å²) >= 11 is 0.983. The number of benzene rings is 1. The fourth-order valence-electron chi connectivity index (χ4n) is 1.42. The topological polar surface area (TPSA) is 113 Å². The molecule has 1 aromatic heterocycles. The molecule has 20 heavy (non-hydrogen) atoms. The van der Waals surface area contributed by atoms with Crippen LogP contribution < -0.4 is 4.74 Å². The van der Waals surface area contributed by atoms with Crippen molar-refractivity contribution in [3.8, 4) is 17.6 Å². The van der Waals surface area contributed by atoms with Gasteiger partial charge in [-0.2, -0.15) is 5.26 Å². The highest BCUT2D eigenvalue weighted by molar-refractivity contribution is 7.12. The van der Waals surface area contributed by atoms with Gasteiger partial charge in [0.2, 0.25) is 0 Å². The van der Waals surface area contributed by atoms with E-state index in [9.17, 15) is 14.9 Å². The van der Waals surface area contributed by atoms with Gasteiger partial charge < -0.3 is 9.84 Å². The number of ether oxygens (including phenoxy) is 1. The number of hydrogen-bond acceptors (Lipinski definition) is 6. The highest BCUT2D eigenvalue weighted by Gasteiger charge is 2.14. The molecule has 8 heteroatoms. The van der Waals surface area contributed by atoms with E-state index < -0.39 is 10.9 Å². The van der Waals surface area contributed by atoms with Gasteiger partial charge in [-0.15, -0.1) is 11.3 Å². The van der Waals surface area contributed by atoms with Gasteiger partial charge in [0.25, 0.3) is 5.69 Å². The Labute approximate surface area is 116 Å². The lowest BCUT2D eigenvalue weighted by atomic mass is 10.2. The van der Waals surface area contributed by atoms with E-state index in [0.717, 1.165) is 17.4 Å². The molecule has 0 aliphatic heterocycles. The number of aromatic carboxylic acids is 1. The predicted octanol–water partition coefficient (Wildman–Crippen LogP) is 3.02. The van der Waals surface area contributed by atoms with Crippen LogP contribution in [0.4, 0.5) is 5.69 Å². The van der Waals surface area contributed by atoms with Gasteiger partial charge in [-0.25, -0.2) is 4.79 Å². The molecule has 1 heterocycles. The zero-order valence-electron chi connectivity index (χ0n) is 9.77. The number of nitriles is 1. The summed E-state index contributed by atoms with van der Waals surface area (Å²) in [6, 6.07) is 6.72. The van der Waals surface area contributed by atoms with Crippen molar-refractivity contribution < 1.29 is 19.6 Å². The lowest BCUT2D eigenvalue weighted by molar-refractivity contribution is -0.384. The van der Waals surface area contributed by atoms with E-state index in [1.54, 1.807) is 6.07 Å². The van der Waals surface area contributed by atoms with Crippen LogP contribution >= 0.6 is 11.3 Å². The van der Waals surface area contributed by atoms with E-state index in [4.69, 9.17) is 15.1 Å². The van der Waals surface area contributed by atoms with Crippen LogP contribution in [0.5, 0.6) is 11.5 Å². The fraction of sp³-hybridized carbons (Fsp3) is 0. The molecule has 0 saturated heterocycles. The van der Waals surface area contributed by atoms with Crippen LogP contribution in [0.3, 0.4) is 0 Å². The molecular formula is C12H6N2O5S. The third-order valence-corrected chi connectivity index (χ3v) is 3.20. The molecule has 0 atom stereocenters. The highest BCUT2D eigenvalue weighted by Crippen LogP contribution is 2.31. The van der Waals surface area contributed by atoms with Crippen LogP contribution in [0.25, 0.3) is 0 Å². The minimum Gasteiger partial charge on any atom is -0.477 e. The Morgan fingerprint density at radius 3 is 2.75 bits per heavy atom.